The summed E-state index contributed by atoms with van der Waals surface area (Å²) >= 11 is 0. The number of rotatable bonds is 7. The van der Waals surface area contributed by atoms with Crippen LogP contribution in [0.5, 0.6) is 0 Å². The summed E-state index contributed by atoms with van der Waals surface area (Å²) in [7, 11) is 2.09. The van der Waals surface area contributed by atoms with E-state index in [9.17, 15) is 14.4 Å². The zero-order valence-electron chi connectivity index (χ0n) is 22.8. The SMILES string of the molecule is CC(C)C[C@H]1ON(C(=O)OCc2ccccc2)C2CN(C3CCN(C)CC3)C(=O)[C@H](CC(C)C)N2C1=O. The Kier molecular flexibility index (Phi) is 8.75. The predicted molar refractivity (Wildman–Crippen MR) is 139 cm³/mol. The maximum atomic E-state index is 13.9. The van der Waals surface area contributed by atoms with Crippen LogP contribution in [0.1, 0.15) is 58.9 Å². The number of nitrogens with zero attached hydrogens (tertiary/aromatic N) is 4. The van der Waals surface area contributed by atoms with E-state index in [4.69, 9.17) is 9.57 Å². The summed E-state index contributed by atoms with van der Waals surface area (Å²) in [5, 5.41) is 1.24. The van der Waals surface area contributed by atoms with Crippen LogP contribution in [0, 0.1) is 11.8 Å². The largest absolute Gasteiger partial charge is 0.443 e. The molecule has 204 valence electrons. The first-order valence-electron chi connectivity index (χ1n) is 13.6. The Morgan fingerprint density at radius 3 is 2.27 bits per heavy atom. The number of likely N-dealkylation sites (tertiary alicyclic amines) is 1. The molecule has 1 unspecified atom stereocenters. The van der Waals surface area contributed by atoms with Crippen molar-refractivity contribution in [1.29, 1.82) is 0 Å². The molecule has 9 nitrogen and oxygen atoms in total. The first-order chi connectivity index (χ1) is 17.7. The van der Waals surface area contributed by atoms with Crippen LogP contribution in [0.25, 0.3) is 0 Å². The van der Waals surface area contributed by atoms with Gasteiger partial charge in [-0.1, -0.05) is 58.0 Å². The molecule has 3 amide bonds. The molecule has 0 aromatic heterocycles. The molecule has 3 aliphatic rings. The summed E-state index contributed by atoms with van der Waals surface area (Å²) in [5.74, 6) is 0.140. The van der Waals surface area contributed by atoms with E-state index in [1.165, 1.54) is 5.06 Å². The third kappa shape index (κ3) is 6.26. The van der Waals surface area contributed by atoms with Gasteiger partial charge in [-0.3, -0.25) is 14.4 Å². The molecule has 0 aliphatic carbocycles. The number of ether oxygens (including phenoxy) is 1. The van der Waals surface area contributed by atoms with Gasteiger partial charge in [-0.05, 0) is 63.2 Å². The molecule has 3 heterocycles. The molecule has 4 rings (SSSR count). The summed E-state index contributed by atoms with van der Waals surface area (Å²) in [6.07, 6.45) is 0.524. The third-order valence-corrected chi connectivity index (χ3v) is 7.52. The minimum absolute atomic E-state index is 0.0179. The van der Waals surface area contributed by atoms with Gasteiger partial charge in [-0.25, -0.2) is 4.79 Å². The number of hydroxylamine groups is 2. The first kappa shape index (κ1) is 27.4. The van der Waals surface area contributed by atoms with Crippen molar-refractivity contribution in [2.24, 2.45) is 11.8 Å². The minimum Gasteiger partial charge on any atom is -0.443 e. The minimum atomic E-state index is -0.835. The van der Waals surface area contributed by atoms with Gasteiger partial charge >= 0.3 is 6.09 Å². The molecule has 3 fully saturated rings. The Morgan fingerprint density at radius 1 is 1.00 bits per heavy atom. The fourth-order valence-electron chi connectivity index (χ4n) is 5.59. The van der Waals surface area contributed by atoms with E-state index in [2.05, 4.69) is 25.8 Å². The standard InChI is InChI=1S/C28H42N4O5/c1-19(2)15-23-26(33)30(22-11-13-29(5)14-12-22)17-25-31(23)27(34)24(16-20(3)4)37-32(25)28(35)36-18-21-9-7-6-8-10-21/h6-10,19-20,22-25H,11-18H2,1-5H3/t23-,24+,25?/m0/s1. The van der Waals surface area contributed by atoms with Gasteiger partial charge in [-0.2, -0.15) is 5.06 Å². The highest BCUT2D eigenvalue weighted by molar-refractivity contribution is 5.92. The molecule has 0 spiro atoms. The van der Waals surface area contributed by atoms with Gasteiger partial charge < -0.3 is 19.4 Å². The summed E-state index contributed by atoms with van der Waals surface area (Å²) in [5.41, 5.74) is 0.865. The van der Waals surface area contributed by atoms with Crippen LogP contribution < -0.4 is 0 Å². The number of benzene rings is 1. The number of hydrogen-bond acceptors (Lipinski definition) is 6. The lowest BCUT2D eigenvalue weighted by Crippen LogP contribution is -2.74. The summed E-state index contributed by atoms with van der Waals surface area (Å²) in [6.45, 7) is 10.3. The van der Waals surface area contributed by atoms with E-state index >= 15 is 0 Å². The highest BCUT2D eigenvalue weighted by Crippen LogP contribution is 2.34. The molecular formula is C28H42N4O5. The van der Waals surface area contributed by atoms with Gasteiger partial charge in [0.2, 0.25) is 5.91 Å². The molecule has 0 bridgehead atoms. The highest BCUT2D eigenvalue weighted by Gasteiger charge is 2.54. The average Bonchev–Trinajstić information content (AvgIpc) is 2.86. The Hall–Kier alpha value is -2.65. The van der Waals surface area contributed by atoms with Gasteiger partial charge in [0.25, 0.3) is 5.91 Å². The van der Waals surface area contributed by atoms with Crippen molar-refractivity contribution in [2.45, 2.75) is 84.3 Å². The maximum absolute atomic E-state index is 13.9. The molecule has 0 N–H and O–H groups in total. The summed E-state index contributed by atoms with van der Waals surface area (Å²) < 4.78 is 5.66. The number of amides is 3. The Morgan fingerprint density at radius 2 is 1.65 bits per heavy atom. The molecule has 37 heavy (non-hydrogen) atoms. The zero-order chi connectivity index (χ0) is 26.7. The second-order valence-electron chi connectivity index (χ2n) is 11.5. The topological polar surface area (TPSA) is 82.6 Å². The molecule has 3 aliphatic heterocycles. The highest BCUT2D eigenvalue weighted by atomic mass is 16.7. The number of piperidine rings is 1. The molecule has 3 atom stereocenters. The van der Waals surface area contributed by atoms with E-state index in [-0.39, 0.29) is 42.8 Å². The Bertz CT molecular complexity index is 947. The van der Waals surface area contributed by atoms with Gasteiger partial charge in [-0.15, -0.1) is 0 Å². The lowest BCUT2D eigenvalue weighted by molar-refractivity contribution is -0.270. The number of carbonyl (C=O) groups is 3. The van der Waals surface area contributed by atoms with Crippen LogP contribution in [0.3, 0.4) is 0 Å². The number of hydrogen-bond donors (Lipinski definition) is 0. The van der Waals surface area contributed by atoms with Crippen molar-refractivity contribution < 1.29 is 24.0 Å². The number of carbonyl (C=O) groups excluding carboxylic acids is 3. The van der Waals surface area contributed by atoms with Crippen molar-refractivity contribution in [2.75, 3.05) is 26.7 Å². The van der Waals surface area contributed by atoms with Crippen molar-refractivity contribution in [3.05, 3.63) is 35.9 Å². The van der Waals surface area contributed by atoms with Crippen LogP contribution in [-0.4, -0.2) is 88.7 Å². The van der Waals surface area contributed by atoms with Gasteiger partial charge in [0.05, 0.1) is 6.54 Å². The second kappa shape index (κ2) is 11.8. The van der Waals surface area contributed by atoms with E-state index < -0.39 is 24.4 Å². The Balaban J connectivity index is 1.64. The second-order valence-corrected chi connectivity index (χ2v) is 11.5. The van der Waals surface area contributed by atoms with Crippen LogP contribution in [0.2, 0.25) is 0 Å². The summed E-state index contributed by atoms with van der Waals surface area (Å²) in [6, 6.07) is 8.92. The molecule has 3 saturated heterocycles. The van der Waals surface area contributed by atoms with Gasteiger partial charge in [0.15, 0.2) is 12.3 Å². The molecular weight excluding hydrogens is 472 g/mol. The van der Waals surface area contributed by atoms with Crippen molar-refractivity contribution in [3.63, 3.8) is 0 Å². The van der Waals surface area contributed by atoms with Crippen molar-refractivity contribution >= 4 is 17.9 Å². The van der Waals surface area contributed by atoms with Crippen LogP contribution in [0.4, 0.5) is 4.79 Å². The number of piperazine rings is 1. The van der Waals surface area contributed by atoms with E-state index in [0.717, 1.165) is 31.5 Å². The fraction of sp³-hybridized carbons (Fsp3) is 0.679. The zero-order valence-corrected chi connectivity index (χ0v) is 22.8. The smallest absolute Gasteiger partial charge is 0.436 e. The predicted octanol–water partition coefficient (Wildman–Crippen LogP) is 3.49. The molecule has 0 radical (unpaired) electrons. The van der Waals surface area contributed by atoms with Crippen molar-refractivity contribution in [3.8, 4) is 0 Å². The van der Waals surface area contributed by atoms with Crippen LogP contribution in [0.15, 0.2) is 30.3 Å². The molecule has 1 aromatic carbocycles. The lowest BCUT2D eigenvalue weighted by atomic mass is 9.93. The van der Waals surface area contributed by atoms with Crippen molar-refractivity contribution in [1.82, 2.24) is 19.8 Å². The molecule has 9 heteroatoms. The van der Waals surface area contributed by atoms with Crippen LogP contribution in [-0.2, 0) is 25.8 Å². The normalized spacial score (nSPS) is 25.7. The first-order valence-corrected chi connectivity index (χ1v) is 13.6. The van der Waals surface area contributed by atoms with E-state index in [1.807, 2.05) is 49.1 Å². The quantitative estimate of drug-likeness (QED) is 0.554. The molecule has 0 saturated carbocycles. The van der Waals surface area contributed by atoms with Crippen LogP contribution >= 0.6 is 0 Å². The van der Waals surface area contributed by atoms with E-state index in [1.54, 1.807) is 4.90 Å². The van der Waals surface area contributed by atoms with E-state index in [0.29, 0.717) is 12.8 Å². The molecule has 1 aromatic rings. The number of fused-ring (bicyclic) bond motifs is 1. The monoisotopic (exact) mass is 514 g/mol. The average molecular weight is 515 g/mol. The maximum Gasteiger partial charge on any atom is 0.436 e. The lowest BCUT2D eigenvalue weighted by Gasteiger charge is -2.54. The van der Waals surface area contributed by atoms with Gasteiger partial charge in [0.1, 0.15) is 12.6 Å². The fourth-order valence-corrected chi connectivity index (χ4v) is 5.59. The van der Waals surface area contributed by atoms with Gasteiger partial charge in [0, 0.05) is 6.04 Å². The summed E-state index contributed by atoms with van der Waals surface area (Å²) in [4.78, 5) is 53.0. The third-order valence-electron chi connectivity index (χ3n) is 7.52. The Labute approximate surface area is 220 Å².